The maximum atomic E-state index is 13.1. The molecule has 4 heteroatoms. The highest BCUT2D eigenvalue weighted by Crippen LogP contribution is 2.28. The molecule has 4 aromatic rings. The van der Waals surface area contributed by atoms with Crippen molar-refractivity contribution in [3.63, 3.8) is 0 Å². The number of furan rings is 1. The minimum Gasteiger partial charge on any atom is -0.456 e. The predicted molar refractivity (Wildman–Crippen MR) is 119 cm³/mol. The van der Waals surface area contributed by atoms with Crippen molar-refractivity contribution >= 4 is 16.9 Å². The highest BCUT2D eigenvalue weighted by Gasteiger charge is 2.22. The number of carbonyl (C=O) groups excluding carboxylic acids is 1. The van der Waals surface area contributed by atoms with E-state index in [1.54, 1.807) is 0 Å². The van der Waals surface area contributed by atoms with E-state index in [9.17, 15) is 4.79 Å². The van der Waals surface area contributed by atoms with Crippen LogP contribution in [-0.4, -0.2) is 41.9 Å². The molecule has 30 heavy (non-hydrogen) atoms. The monoisotopic (exact) mass is 396 g/mol. The first-order valence-electron chi connectivity index (χ1n) is 10.4. The first-order valence-corrected chi connectivity index (χ1v) is 10.4. The maximum absolute atomic E-state index is 13.1. The third-order valence-electron chi connectivity index (χ3n) is 5.73. The first kappa shape index (κ1) is 18.6. The van der Waals surface area contributed by atoms with Crippen molar-refractivity contribution in [1.82, 2.24) is 9.80 Å². The molecule has 0 saturated carbocycles. The molecule has 1 aliphatic heterocycles. The average molecular weight is 396 g/mol. The number of para-hydroxylation sites is 1. The van der Waals surface area contributed by atoms with Crippen LogP contribution in [0.5, 0.6) is 0 Å². The lowest BCUT2D eigenvalue weighted by Crippen LogP contribution is -2.48. The molecule has 0 spiro atoms. The summed E-state index contributed by atoms with van der Waals surface area (Å²) in [5.74, 6) is 0.880. The summed E-state index contributed by atoms with van der Waals surface area (Å²) in [6.07, 6.45) is 0. The molecule has 1 aromatic heterocycles. The Labute approximate surface area is 176 Å². The van der Waals surface area contributed by atoms with Crippen molar-refractivity contribution in [2.45, 2.75) is 6.54 Å². The fourth-order valence-electron chi connectivity index (χ4n) is 4.06. The van der Waals surface area contributed by atoms with E-state index in [-0.39, 0.29) is 5.91 Å². The predicted octanol–water partition coefficient (Wildman–Crippen LogP) is 5.06. The van der Waals surface area contributed by atoms with Crippen molar-refractivity contribution in [3.05, 3.63) is 96.1 Å². The highest BCUT2D eigenvalue weighted by molar-refractivity contribution is 5.95. The third-order valence-corrected chi connectivity index (χ3v) is 5.73. The van der Waals surface area contributed by atoms with E-state index in [1.807, 2.05) is 65.6 Å². The molecule has 2 heterocycles. The highest BCUT2D eigenvalue weighted by atomic mass is 16.3. The topological polar surface area (TPSA) is 36.7 Å². The van der Waals surface area contributed by atoms with Crippen LogP contribution in [0.4, 0.5) is 0 Å². The van der Waals surface area contributed by atoms with Gasteiger partial charge in [-0.2, -0.15) is 0 Å². The van der Waals surface area contributed by atoms with E-state index < -0.39 is 0 Å². The van der Waals surface area contributed by atoms with Crippen LogP contribution in [-0.2, 0) is 6.54 Å². The Balaban J connectivity index is 1.27. The van der Waals surface area contributed by atoms with Gasteiger partial charge in [-0.15, -0.1) is 0 Å². The van der Waals surface area contributed by atoms with E-state index in [0.717, 1.165) is 55.0 Å². The second kappa shape index (κ2) is 8.17. The molecule has 0 unspecified atom stereocenters. The fourth-order valence-corrected chi connectivity index (χ4v) is 4.06. The molecule has 1 saturated heterocycles. The lowest BCUT2D eigenvalue weighted by molar-refractivity contribution is 0.0628. The molecule has 4 nitrogen and oxygen atoms in total. The molecule has 3 aromatic carbocycles. The normalized spacial score (nSPS) is 14.9. The molecule has 150 valence electrons. The van der Waals surface area contributed by atoms with Crippen molar-refractivity contribution in [1.29, 1.82) is 0 Å². The smallest absolute Gasteiger partial charge is 0.253 e. The van der Waals surface area contributed by atoms with Crippen LogP contribution < -0.4 is 0 Å². The molecule has 1 fully saturated rings. The van der Waals surface area contributed by atoms with Gasteiger partial charge in [-0.1, -0.05) is 60.7 Å². The van der Waals surface area contributed by atoms with Gasteiger partial charge in [-0.25, -0.2) is 0 Å². The van der Waals surface area contributed by atoms with Crippen molar-refractivity contribution in [2.24, 2.45) is 0 Å². The first-order chi connectivity index (χ1) is 14.8. The fraction of sp³-hybridized carbons (Fsp3) is 0.192. The molecule has 0 N–H and O–H groups in total. The minimum atomic E-state index is 0.0901. The summed E-state index contributed by atoms with van der Waals surface area (Å²) < 4.78 is 5.97. The van der Waals surface area contributed by atoms with Gasteiger partial charge in [0.15, 0.2) is 0 Å². The third kappa shape index (κ3) is 3.87. The van der Waals surface area contributed by atoms with E-state index in [4.69, 9.17) is 4.42 Å². The van der Waals surface area contributed by atoms with Crippen LogP contribution in [0.2, 0.25) is 0 Å². The van der Waals surface area contributed by atoms with Gasteiger partial charge >= 0.3 is 0 Å². The van der Waals surface area contributed by atoms with Gasteiger partial charge in [0.05, 0.1) is 0 Å². The van der Waals surface area contributed by atoms with E-state index >= 15 is 0 Å². The zero-order valence-corrected chi connectivity index (χ0v) is 16.8. The van der Waals surface area contributed by atoms with Crippen LogP contribution in [0.3, 0.4) is 0 Å². The van der Waals surface area contributed by atoms with Crippen molar-refractivity contribution in [3.8, 4) is 11.3 Å². The number of benzene rings is 3. The number of hydrogen-bond donors (Lipinski definition) is 0. The molecule has 5 rings (SSSR count). The number of rotatable bonds is 4. The van der Waals surface area contributed by atoms with Gasteiger partial charge in [-0.05, 0) is 29.8 Å². The quantitative estimate of drug-likeness (QED) is 0.484. The summed E-state index contributed by atoms with van der Waals surface area (Å²) in [6.45, 7) is 4.22. The molecule has 0 aliphatic carbocycles. The Morgan fingerprint density at radius 2 is 1.57 bits per heavy atom. The van der Waals surface area contributed by atoms with Crippen LogP contribution in [0, 0.1) is 0 Å². The van der Waals surface area contributed by atoms with Gasteiger partial charge in [0.2, 0.25) is 0 Å². The largest absolute Gasteiger partial charge is 0.456 e. The van der Waals surface area contributed by atoms with Gasteiger partial charge in [0.25, 0.3) is 5.91 Å². The standard InChI is InChI=1S/C26H24N2O2/c29-26(28-15-13-27(14-16-28)19-20-7-2-1-3-8-20)23-11-6-10-21(17-23)25-18-22-9-4-5-12-24(22)30-25/h1-12,17-18H,13-16,19H2. The molecule has 1 amide bonds. The summed E-state index contributed by atoms with van der Waals surface area (Å²) in [6, 6.07) is 28.2. The maximum Gasteiger partial charge on any atom is 0.253 e. The second-order valence-electron chi connectivity index (χ2n) is 7.78. The van der Waals surface area contributed by atoms with Gasteiger partial charge in [-0.3, -0.25) is 9.69 Å². The SMILES string of the molecule is O=C(c1cccc(-c2cc3ccccc3o2)c1)N1CCN(Cc2ccccc2)CC1. The summed E-state index contributed by atoms with van der Waals surface area (Å²) in [5.41, 5.74) is 3.82. The Hall–Kier alpha value is -3.37. The zero-order chi connectivity index (χ0) is 20.3. The zero-order valence-electron chi connectivity index (χ0n) is 16.8. The lowest BCUT2D eigenvalue weighted by atomic mass is 10.1. The van der Waals surface area contributed by atoms with Gasteiger partial charge < -0.3 is 9.32 Å². The number of amides is 1. The van der Waals surface area contributed by atoms with Crippen LogP contribution in [0.15, 0.2) is 89.3 Å². The number of fused-ring (bicyclic) bond motifs is 1. The lowest BCUT2D eigenvalue weighted by Gasteiger charge is -2.34. The minimum absolute atomic E-state index is 0.0901. The number of piperazine rings is 1. The molecule has 0 radical (unpaired) electrons. The van der Waals surface area contributed by atoms with Crippen molar-refractivity contribution in [2.75, 3.05) is 26.2 Å². The number of hydrogen-bond acceptors (Lipinski definition) is 3. The number of nitrogens with zero attached hydrogens (tertiary/aromatic N) is 2. The van der Waals surface area contributed by atoms with Crippen LogP contribution in [0.25, 0.3) is 22.3 Å². The summed E-state index contributed by atoms with van der Waals surface area (Å²) in [4.78, 5) is 17.5. The van der Waals surface area contributed by atoms with E-state index in [0.29, 0.717) is 5.56 Å². The average Bonchev–Trinajstić information content (AvgIpc) is 3.24. The second-order valence-corrected chi connectivity index (χ2v) is 7.78. The van der Waals surface area contributed by atoms with Crippen LogP contribution in [0.1, 0.15) is 15.9 Å². The van der Waals surface area contributed by atoms with E-state index in [2.05, 4.69) is 29.2 Å². The molecular weight excluding hydrogens is 372 g/mol. The molecule has 0 atom stereocenters. The summed E-state index contributed by atoms with van der Waals surface area (Å²) in [7, 11) is 0. The Kier molecular flexibility index (Phi) is 5.08. The molecular formula is C26H24N2O2. The van der Waals surface area contributed by atoms with E-state index in [1.165, 1.54) is 5.56 Å². The Morgan fingerprint density at radius 3 is 2.37 bits per heavy atom. The summed E-state index contributed by atoms with van der Waals surface area (Å²) in [5, 5.41) is 1.07. The Morgan fingerprint density at radius 1 is 0.800 bits per heavy atom. The van der Waals surface area contributed by atoms with Crippen molar-refractivity contribution < 1.29 is 9.21 Å². The number of carbonyl (C=O) groups is 1. The molecule has 0 bridgehead atoms. The summed E-state index contributed by atoms with van der Waals surface area (Å²) >= 11 is 0. The Bertz CT molecular complexity index is 1120. The van der Waals surface area contributed by atoms with Crippen LogP contribution >= 0.6 is 0 Å². The van der Waals surface area contributed by atoms with Gasteiger partial charge in [0.1, 0.15) is 11.3 Å². The molecule has 1 aliphatic rings. The van der Waals surface area contributed by atoms with Gasteiger partial charge in [0, 0.05) is 49.2 Å².